The lowest BCUT2D eigenvalue weighted by molar-refractivity contribution is -0.126. The third-order valence-electron chi connectivity index (χ3n) is 4.84. The molecule has 0 N–H and O–H groups in total. The molecule has 2 aliphatic heterocycles. The molecule has 1 spiro atoms. The number of amides is 1. The maximum absolute atomic E-state index is 13.1. The lowest BCUT2D eigenvalue weighted by Crippen LogP contribution is -2.48. The molecule has 1 atom stereocenters. The molecule has 0 radical (unpaired) electrons. The molecular weight excluding hydrogens is 311 g/mol. The Bertz CT molecular complexity index is 740. The van der Waals surface area contributed by atoms with Gasteiger partial charge in [0.1, 0.15) is 6.33 Å². The second-order valence-electron chi connectivity index (χ2n) is 6.31. The Hall–Kier alpha value is -2.64. The summed E-state index contributed by atoms with van der Waals surface area (Å²) >= 11 is 0. The standard InChI is InChI=1S/C16H17FN6O/c17-12-6-20-15(21-7-12)22-4-1-2-16(10-22)3-5-23(14(16)24)13-8-18-11-19-9-13/h6-9,11H,1-5,10H2. The van der Waals surface area contributed by atoms with Crippen molar-refractivity contribution < 1.29 is 9.18 Å². The summed E-state index contributed by atoms with van der Waals surface area (Å²) in [5, 5.41) is 0. The Morgan fingerprint density at radius 2 is 1.79 bits per heavy atom. The van der Waals surface area contributed by atoms with Crippen LogP contribution in [0, 0.1) is 11.2 Å². The maximum atomic E-state index is 13.1. The van der Waals surface area contributed by atoms with Gasteiger partial charge in [-0.05, 0) is 19.3 Å². The minimum atomic E-state index is -0.460. The van der Waals surface area contributed by atoms with Crippen LogP contribution in [0.15, 0.2) is 31.1 Å². The van der Waals surface area contributed by atoms with E-state index in [9.17, 15) is 9.18 Å². The topological polar surface area (TPSA) is 75.1 Å². The quantitative estimate of drug-likeness (QED) is 0.830. The lowest BCUT2D eigenvalue weighted by Gasteiger charge is -2.38. The number of anilines is 2. The SMILES string of the molecule is O=C1N(c2cncnc2)CCC12CCCN(c1ncc(F)cn1)C2. The molecule has 124 valence electrons. The van der Waals surface area contributed by atoms with Gasteiger partial charge in [-0.15, -0.1) is 0 Å². The van der Waals surface area contributed by atoms with E-state index in [2.05, 4.69) is 19.9 Å². The zero-order chi connectivity index (χ0) is 16.6. The van der Waals surface area contributed by atoms with Crippen LogP contribution in [-0.4, -0.2) is 45.5 Å². The van der Waals surface area contributed by atoms with Gasteiger partial charge in [0.15, 0.2) is 5.82 Å². The smallest absolute Gasteiger partial charge is 0.235 e. The van der Waals surface area contributed by atoms with Crippen LogP contribution in [0.1, 0.15) is 19.3 Å². The van der Waals surface area contributed by atoms with Crippen LogP contribution in [0.3, 0.4) is 0 Å². The predicted octanol–water partition coefficient (Wildman–Crippen LogP) is 1.43. The summed E-state index contributed by atoms with van der Waals surface area (Å²) in [5.41, 5.74) is 0.292. The highest BCUT2D eigenvalue weighted by Gasteiger charge is 2.49. The summed E-state index contributed by atoms with van der Waals surface area (Å²) in [6.45, 7) is 1.99. The Kier molecular flexibility index (Phi) is 3.59. The molecule has 2 saturated heterocycles. The molecule has 4 rings (SSSR count). The molecule has 0 bridgehead atoms. The molecule has 4 heterocycles. The van der Waals surface area contributed by atoms with E-state index >= 15 is 0 Å². The molecule has 0 aromatic carbocycles. The number of piperidine rings is 1. The first kappa shape index (κ1) is 14.9. The zero-order valence-corrected chi connectivity index (χ0v) is 13.1. The third kappa shape index (κ3) is 2.47. The van der Waals surface area contributed by atoms with Crippen molar-refractivity contribution in [1.82, 2.24) is 19.9 Å². The molecule has 0 saturated carbocycles. The number of carbonyl (C=O) groups excluding carboxylic acids is 1. The average Bonchev–Trinajstić information content (AvgIpc) is 2.93. The maximum Gasteiger partial charge on any atom is 0.235 e. The minimum absolute atomic E-state index is 0.101. The fraction of sp³-hybridized carbons (Fsp3) is 0.438. The van der Waals surface area contributed by atoms with Crippen LogP contribution in [-0.2, 0) is 4.79 Å². The number of carbonyl (C=O) groups is 1. The third-order valence-corrected chi connectivity index (χ3v) is 4.84. The first-order chi connectivity index (χ1) is 11.7. The molecule has 2 aromatic heterocycles. The fourth-order valence-corrected chi connectivity index (χ4v) is 3.65. The summed E-state index contributed by atoms with van der Waals surface area (Å²) in [6, 6.07) is 0. The van der Waals surface area contributed by atoms with Crippen molar-refractivity contribution in [2.24, 2.45) is 5.41 Å². The van der Waals surface area contributed by atoms with Crippen LogP contribution >= 0.6 is 0 Å². The zero-order valence-electron chi connectivity index (χ0n) is 13.1. The highest BCUT2D eigenvalue weighted by molar-refractivity contribution is 6.00. The summed E-state index contributed by atoms with van der Waals surface area (Å²) in [7, 11) is 0. The van der Waals surface area contributed by atoms with E-state index in [1.807, 2.05) is 4.90 Å². The monoisotopic (exact) mass is 328 g/mol. The van der Waals surface area contributed by atoms with Crippen molar-refractivity contribution in [3.63, 3.8) is 0 Å². The minimum Gasteiger partial charge on any atom is -0.340 e. The molecule has 8 heteroatoms. The largest absolute Gasteiger partial charge is 0.340 e. The van der Waals surface area contributed by atoms with Crippen LogP contribution in [0.2, 0.25) is 0 Å². The number of nitrogens with zero attached hydrogens (tertiary/aromatic N) is 6. The molecule has 24 heavy (non-hydrogen) atoms. The van der Waals surface area contributed by atoms with Crippen LogP contribution in [0.25, 0.3) is 0 Å². The molecule has 1 unspecified atom stereocenters. The van der Waals surface area contributed by atoms with Gasteiger partial charge in [0.25, 0.3) is 0 Å². The van der Waals surface area contributed by atoms with Gasteiger partial charge in [0, 0.05) is 19.6 Å². The van der Waals surface area contributed by atoms with Gasteiger partial charge in [0.2, 0.25) is 11.9 Å². The van der Waals surface area contributed by atoms with E-state index in [0.717, 1.165) is 43.9 Å². The molecule has 2 aliphatic rings. The van der Waals surface area contributed by atoms with E-state index in [0.29, 0.717) is 19.0 Å². The highest BCUT2D eigenvalue weighted by Crippen LogP contribution is 2.42. The number of halogens is 1. The average molecular weight is 328 g/mol. The number of hydrogen-bond acceptors (Lipinski definition) is 6. The normalized spacial score (nSPS) is 24.0. The second-order valence-corrected chi connectivity index (χ2v) is 6.31. The summed E-state index contributed by atoms with van der Waals surface area (Å²) in [5.74, 6) is 0.117. The van der Waals surface area contributed by atoms with Crippen molar-refractivity contribution in [3.8, 4) is 0 Å². The second kappa shape index (κ2) is 5.77. The Labute approximate surface area is 138 Å². The van der Waals surface area contributed by atoms with Gasteiger partial charge >= 0.3 is 0 Å². The molecule has 7 nitrogen and oxygen atoms in total. The van der Waals surface area contributed by atoms with E-state index in [1.54, 1.807) is 17.3 Å². The van der Waals surface area contributed by atoms with Gasteiger partial charge in [-0.3, -0.25) is 4.79 Å². The van der Waals surface area contributed by atoms with E-state index < -0.39 is 11.2 Å². The van der Waals surface area contributed by atoms with E-state index in [-0.39, 0.29) is 5.91 Å². The van der Waals surface area contributed by atoms with Crippen LogP contribution in [0.5, 0.6) is 0 Å². The molecule has 2 aromatic rings. The first-order valence-corrected chi connectivity index (χ1v) is 7.97. The summed E-state index contributed by atoms with van der Waals surface area (Å²) < 4.78 is 13.0. The number of hydrogen-bond donors (Lipinski definition) is 0. The fourth-order valence-electron chi connectivity index (χ4n) is 3.65. The predicted molar refractivity (Wildman–Crippen MR) is 84.9 cm³/mol. The molecule has 2 fully saturated rings. The molecule has 1 amide bonds. The van der Waals surface area contributed by atoms with Gasteiger partial charge in [-0.25, -0.2) is 24.3 Å². The molecular formula is C16H17FN6O. The van der Waals surface area contributed by atoms with Crippen molar-refractivity contribution in [2.45, 2.75) is 19.3 Å². The Balaban J connectivity index is 1.57. The van der Waals surface area contributed by atoms with Crippen LogP contribution < -0.4 is 9.80 Å². The number of rotatable bonds is 2. The van der Waals surface area contributed by atoms with E-state index in [4.69, 9.17) is 0 Å². The number of aromatic nitrogens is 4. The van der Waals surface area contributed by atoms with Crippen molar-refractivity contribution >= 4 is 17.5 Å². The van der Waals surface area contributed by atoms with Gasteiger partial charge < -0.3 is 9.80 Å². The van der Waals surface area contributed by atoms with Gasteiger partial charge in [0.05, 0.1) is 35.9 Å². The van der Waals surface area contributed by atoms with E-state index in [1.165, 1.54) is 6.33 Å². The van der Waals surface area contributed by atoms with Crippen molar-refractivity contribution in [3.05, 3.63) is 36.9 Å². The lowest BCUT2D eigenvalue weighted by atomic mass is 9.78. The summed E-state index contributed by atoms with van der Waals surface area (Å²) in [4.78, 5) is 32.9. The van der Waals surface area contributed by atoms with Crippen molar-refractivity contribution in [1.29, 1.82) is 0 Å². The Morgan fingerprint density at radius 1 is 1.04 bits per heavy atom. The van der Waals surface area contributed by atoms with Crippen molar-refractivity contribution in [2.75, 3.05) is 29.4 Å². The first-order valence-electron chi connectivity index (χ1n) is 7.97. The molecule has 0 aliphatic carbocycles. The Morgan fingerprint density at radius 3 is 2.54 bits per heavy atom. The van der Waals surface area contributed by atoms with Crippen LogP contribution in [0.4, 0.5) is 16.0 Å². The van der Waals surface area contributed by atoms with Gasteiger partial charge in [-0.2, -0.15) is 0 Å². The highest BCUT2D eigenvalue weighted by atomic mass is 19.1. The van der Waals surface area contributed by atoms with Gasteiger partial charge in [-0.1, -0.05) is 0 Å². The summed E-state index contributed by atoms with van der Waals surface area (Å²) in [6.07, 6.45) is 9.59.